The van der Waals surface area contributed by atoms with Gasteiger partial charge in [0.1, 0.15) is 5.69 Å². The van der Waals surface area contributed by atoms with Crippen molar-refractivity contribution in [2.24, 2.45) is 0 Å². The summed E-state index contributed by atoms with van der Waals surface area (Å²) in [7, 11) is 0. The van der Waals surface area contributed by atoms with Crippen molar-refractivity contribution >= 4 is 34.1 Å². The summed E-state index contributed by atoms with van der Waals surface area (Å²) in [5.41, 5.74) is 2.19. The molecule has 6 nitrogen and oxygen atoms in total. The van der Waals surface area contributed by atoms with Crippen LogP contribution in [0.15, 0.2) is 29.6 Å². The zero-order valence-corrected chi connectivity index (χ0v) is 15.1. The molecule has 2 N–H and O–H groups in total. The molecule has 0 aliphatic carbocycles. The largest absolute Gasteiger partial charge is 0.337 e. The number of aryl methyl sites for hydroxylation is 1. The van der Waals surface area contributed by atoms with E-state index in [1.165, 1.54) is 24.2 Å². The fourth-order valence-corrected chi connectivity index (χ4v) is 3.53. The molecule has 1 saturated heterocycles. The van der Waals surface area contributed by atoms with Gasteiger partial charge in [0, 0.05) is 24.2 Å². The number of carbonyl (C=O) groups is 2. The summed E-state index contributed by atoms with van der Waals surface area (Å²) in [5.74, 6) is -0.0507. The van der Waals surface area contributed by atoms with Crippen molar-refractivity contribution in [3.8, 4) is 0 Å². The summed E-state index contributed by atoms with van der Waals surface area (Å²) in [6.07, 6.45) is 4.43. The third kappa shape index (κ3) is 4.79. The number of hydrogen-bond acceptors (Lipinski definition) is 4. The quantitative estimate of drug-likeness (QED) is 0.867. The lowest BCUT2D eigenvalue weighted by molar-refractivity contribution is 0.0756. The third-order valence-electron chi connectivity index (χ3n) is 4.11. The molecule has 0 atom stereocenters. The van der Waals surface area contributed by atoms with E-state index in [1.807, 2.05) is 36.1 Å². The van der Waals surface area contributed by atoms with Crippen molar-refractivity contribution in [1.82, 2.24) is 9.88 Å². The number of benzene rings is 1. The van der Waals surface area contributed by atoms with Crippen LogP contribution >= 0.6 is 11.3 Å². The summed E-state index contributed by atoms with van der Waals surface area (Å²) in [4.78, 5) is 30.7. The SMILES string of the molecule is Cc1cccc(NC(=O)Nc2nc(C(=O)N3CCCCCC3)cs2)c1. The van der Waals surface area contributed by atoms with E-state index in [2.05, 4.69) is 15.6 Å². The van der Waals surface area contributed by atoms with Gasteiger partial charge in [0.25, 0.3) is 5.91 Å². The van der Waals surface area contributed by atoms with Crippen molar-refractivity contribution in [3.63, 3.8) is 0 Å². The van der Waals surface area contributed by atoms with Crippen LogP contribution in [-0.4, -0.2) is 34.9 Å². The molecule has 1 aliphatic rings. The minimum absolute atomic E-state index is 0.0507. The van der Waals surface area contributed by atoms with Crippen LogP contribution in [0.3, 0.4) is 0 Å². The molecular weight excluding hydrogens is 336 g/mol. The van der Waals surface area contributed by atoms with Crippen LogP contribution in [0.1, 0.15) is 41.7 Å². The van der Waals surface area contributed by atoms with Crippen molar-refractivity contribution in [2.75, 3.05) is 23.7 Å². The summed E-state index contributed by atoms with van der Waals surface area (Å²) < 4.78 is 0. The Morgan fingerprint density at radius 3 is 2.60 bits per heavy atom. The molecule has 2 aromatic rings. The number of nitrogens with zero attached hydrogens (tertiary/aromatic N) is 2. The first-order valence-electron chi connectivity index (χ1n) is 8.51. The highest BCUT2D eigenvalue weighted by Crippen LogP contribution is 2.19. The standard InChI is InChI=1S/C18H22N4O2S/c1-13-7-6-8-14(11-13)19-17(24)21-18-20-15(12-25-18)16(23)22-9-4-2-3-5-10-22/h6-8,11-12H,2-5,9-10H2,1H3,(H2,19,20,21,24). The second kappa shape index (κ2) is 8.11. The highest BCUT2D eigenvalue weighted by Gasteiger charge is 2.20. The lowest BCUT2D eigenvalue weighted by atomic mass is 10.2. The van der Waals surface area contributed by atoms with E-state index < -0.39 is 0 Å². The third-order valence-corrected chi connectivity index (χ3v) is 4.87. The van der Waals surface area contributed by atoms with Crippen molar-refractivity contribution in [2.45, 2.75) is 32.6 Å². The Balaban J connectivity index is 1.59. The number of thiazole rings is 1. The first-order chi connectivity index (χ1) is 12.1. The summed E-state index contributed by atoms with van der Waals surface area (Å²) >= 11 is 1.26. The molecular formula is C18H22N4O2S. The maximum atomic E-state index is 12.5. The first kappa shape index (κ1) is 17.4. The lowest BCUT2D eigenvalue weighted by Gasteiger charge is -2.18. The summed E-state index contributed by atoms with van der Waals surface area (Å²) in [6, 6.07) is 7.18. The Labute approximate surface area is 151 Å². The van der Waals surface area contributed by atoms with Gasteiger partial charge in [-0.1, -0.05) is 25.0 Å². The lowest BCUT2D eigenvalue weighted by Crippen LogP contribution is -2.32. The van der Waals surface area contributed by atoms with Gasteiger partial charge in [0.15, 0.2) is 5.13 Å². The summed E-state index contributed by atoms with van der Waals surface area (Å²) in [6.45, 7) is 3.53. The first-order valence-corrected chi connectivity index (χ1v) is 9.39. The molecule has 0 spiro atoms. The zero-order valence-electron chi connectivity index (χ0n) is 14.2. The molecule has 3 rings (SSSR count). The molecule has 0 radical (unpaired) electrons. The van der Waals surface area contributed by atoms with Crippen LogP contribution in [-0.2, 0) is 0 Å². The molecule has 1 aromatic carbocycles. The fourth-order valence-electron chi connectivity index (χ4n) is 2.85. The second-order valence-electron chi connectivity index (χ2n) is 6.19. The molecule has 1 fully saturated rings. The van der Waals surface area contributed by atoms with Gasteiger partial charge in [-0.25, -0.2) is 9.78 Å². The molecule has 3 amide bonds. The molecule has 1 aromatic heterocycles. The van der Waals surface area contributed by atoms with Gasteiger partial charge in [0.2, 0.25) is 0 Å². The van der Waals surface area contributed by atoms with E-state index in [-0.39, 0.29) is 11.9 Å². The monoisotopic (exact) mass is 358 g/mol. The molecule has 0 bridgehead atoms. The van der Waals surface area contributed by atoms with Gasteiger partial charge in [-0.05, 0) is 37.5 Å². The van der Waals surface area contributed by atoms with Crippen LogP contribution in [0.5, 0.6) is 0 Å². The number of aromatic nitrogens is 1. The van der Waals surface area contributed by atoms with E-state index in [4.69, 9.17) is 0 Å². The Morgan fingerprint density at radius 1 is 1.12 bits per heavy atom. The number of rotatable bonds is 3. The van der Waals surface area contributed by atoms with Gasteiger partial charge in [-0.15, -0.1) is 11.3 Å². The smallest absolute Gasteiger partial charge is 0.325 e. The average Bonchev–Trinajstić information content (AvgIpc) is 2.87. The van der Waals surface area contributed by atoms with Gasteiger partial charge in [-0.3, -0.25) is 10.1 Å². The predicted molar refractivity (Wildman–Crippen MR) is 100 cm³/mol. The highest BCUT2D eigenvalue weighted by atomic mass is 32.1. The number of urea groups is 1. The molecule has 25 heavy (non-hydrogen) atoms. The highest BCUT2D eigenvalue weighted by molar-refractivity contribution is 7.14. The van der Waals surface area contributed by atoms with Crippen LogP contribution in [0.4, 0.5) is 15.6 Å². The van der Waals surface area contributed by atoms with Crippen LogP contribution in [0.2, 0.25) is 0 Å². The minimum Gasteiger partial charge on any atom is -0.337 e. The normalized spacial score (nSPS) is 14.7. The molecule has 0 unspecified atom stereocenters. The molecule has 0 saturated carbocycles. The van der Waals surface area contributed by atoms with Crippen LogP contribution in [0, 0.1) is 6.92 Å². The molecule has 2 heterocycles. The second-order valence-corrected chi connectivity index (χ2v) is 7.05. The number of carbonyl (C=O) groups excluding carboxylic acids is 2. The van der Waals surface area contributed by atoms with Crippen molar-refractivity contribution < 1.29 is 9.59 Å². The predicted octanol–water partition coefficient (Wildman–Crippen LogP) is 4.11. The van der Waals surface area contributed by atoms with Gasteiger partial charge in [-0.2, -0.15) is 0 Å². The van der Waals surface area contributed by atoms with E-state index in [0.29, 0.717) is 10.8 Å². The Morgan fingerprint density at radius 2 is 1.88 bits per heavy atom. The van der Waals surface area contributed by atoms with Gasteiger partial charge in [0.05, 0.1) is 0 Å². The van der Waals surface area contributed by atoms with E-state index >= 15 is 0 Å². The van der Waals surface area contributed by atoms with E-state index in [1.54, 1.807) is 5.38 Å². The van der Waals surface area contributed by atoms with Crippen molar-refractivity contribution in [1.29, 1.82) is 0 Å². The number of nitrogens with one attached hydrogen (secondary N) is 2. The fraction of sp³-hybridized carbons (Fsp3) is 0.389. The Hall–Kier alpha value is -2.41. The van der Waals surface area contributed by atoms with Gasteiger partial charge >= 0.3 is 6.03 Å². The summed E-state index contributed by atoms with van der Waals surface area (Å²) in [5, 5.41) is 7.57. The van der Waals surface area contributed by atoms with E-state index in [0.717, 1.165) is 37.2 Å². The Kier molecular flexibility index (Phi) is 5.65. The average molecular weight is 358 g/mol. The number of anilines is 2. The topological polar surface area (TPSA) is 74.3 Å². The minimum atomic E-state index is -0.367. The molecule has 132 valence electrons. The maximum absolute atomic E-state index is 12.5. The van der Waals surface area contributed by atoms with Gasteiger partial charge < -0.3 is 10.2 Å². The van der Waals surface area contributed by atoms with E-state index in [9.17, 15) is 9.59 Å². The Bertz CT molecular complexity index is 751. The number of hydrogen-bond donors (Lipinski definition) is 2. The zero-order chi connectivity index (χ0) is 17.6. The van der Waals surface area contributed by atoms with Crippen molar-refractivity contribution in [3.05, 3.63) is 40.9 Å². The molecule has 1 aliphatic heterocycles. The molecule has 7 heteroatoms. The maximum Gasteiger partial charge on any atom is 0.325 e. The number of amides is 3. The van der Waals surface area contributed by atoms with Crippen LogP contribution < -0.4 is 10.6 Å². The van der Waals surface area contributed by atoms with Crippen LogP contribution in [0.25, 0.3) is 0 Å². The number of likely N-dealkylation sites (tertiary alicyclic amines) is 1.